The largest absolute Gasteiger partial charge is 0.433 e. The van der Waals surface area contributed by atoms with Crippen molar-refractivity contribution in [3.8, 4) is 0 Å². The molecule has 0 bridgehead atoms. The third-order valence-electron chi connectivity index (χ3n) is 5.95. The average molecular weight is 505 g/mol. The van der Waals surface area contributed by atoms with E-state index >= 15 is 0 Å². The van der Waals surface area contributed by atoms with Gasteiger partial charge in [-0.05, 0) is 38.5 Å². The number of nitrogens with zero attached hydrogens (tertiary/aromatic N) is 6. The van der Waals surface area contributed by atoms with E-state index in [4.69, 9.17) is 4.74 Å². The molecule has 0 fully saturated rings. The van der Waals surface area contributed by atoms with Crippen LogP contribution < -0.4 is 15.5 Å². The van der Waals surface area contributed by atoms with Crippen LogP contribution in [0.5, 0.6) is 0 Å². The number of anilines is 3. The molecule has 3 aromatic heterocycles. The lowest BCUT2D eigenvalue weighted by atomic mass is 10.1. The summed E-state index contributed by atoms with van der Waals surface area (Å²) in [6.45, 7) is 6.63. The highest BCUT2D eigenvalue weighted by Gasteiger charge is 2.38. The summed E-state index contributed by atoms with van der Waals surface area (Å²) in [4.78, 5) is 27.1. The number of halogens is 3. The lowest BCUT2D eigenvalue weighted by Gasteiger charge is -2.39. The maximum absolute atomic E-state index is 12.9. The van der Waals surface area contributed by atoms with Crippen LogP contribution in [0.1, 0.15) is 36.4 Å². The molecule has 2 N–H and O–H groups in total. The first-order chi connectivity index (χ1) is 17.1. The molecule has 192 valence electrons. The minimum Gasteiger partial charge on any atom is -0.379 e. The summed E-state index contributed by atoms with van der Waals surface area (Å²) in [5.74, 6) is 0.811. The number of pyridine rings is 1. The maximum Gasteiger partial charge on any atom is 0.433 e. The third-order valence-corrected chi connectivity index (χ3v) is 5.95. The minimum absolute atomic E-state index is 0.171. The smallest absolute Gasteiger partial charge is 0.379 e. The zero-order chi connectivity index (χ0) is 26.0. The predicted octanol–water partition coefficient (Wildman–Crippen LogP) is 3.24. The predicted molar refractivity (Wildman–Crippen MR) is 127 cm³/mol. The van der Waals surface area contributed by atoms with Crippen LogP contribution in [0.15, 0.2) is 30.7 Å². The molecule has 0 spiro atoms. The molecule has 2 atom stereocenters. The average Bonchev–Trinajstić information content (AvgIpc) is 3.28. The van der Waals surface area contributed by atoms with E-state index in [1.807, 2.05) is 18.7 Å². The van der Waals surface area contributed by atoms with Crippen molar-refractivity contribution in [2.45, 2.75) is 52.2 Å². The second kappa shape index (κ2) is 10.1. The van der Waals surface area contributed by atoms with Gasteiger partial charge in [0.25, 0.3) is 0 Å². The topological polar surface area (TPSA) is 110 Å². The Labute approximate surface area is 205 Å². The molecule has 3 aromatic rings. The van der Waals surface area contributed by atoms with Crippen molar-refractivity contribution < 1.29 is 22.7 Å². The molecule has 4 rings (SSSR count). The van der Waals surface area contributed by atoms with Crippen LogP contribution in [0.4, 0.5) is 30.6 Å². The molecule has 1 aliphatic rings. The number of methoxy groups -OCH3 is 1. The van der Waals surface area contributed by atoms with Gasteiger partial charge in [-0.2, -0.15) is 23.3 Å². The summed E-state index contributed by atoms with van der Waals surface area (Å²) in [5, 5.41) is 10.3. The molecule has 36 heavy (non-hydrogen) atoms. The van der Waals surface area contributed by atoms with Gasteiger partial charge in [0.2, 0.25) is 11.9 Å². The number of amides is 1. The van der Waals surface area contributed by atoms with Crippen molar-refractivity contribution in [3.63, 3.8) is 0 Å². The summed E-state index contributed by atoms with van der Waals surface area (Å²) >= 11 is 0. The zero-order valence-corrected chi connectivity index (χ0v) is 20.3. The molecule has 1 amide bonds. The van der Waals surface area contributed by atoms with Gasteiger partial charge in [0.15, 0.2) is 5.82 Å². The molecule has 0 unspecified atom stereocenters. The summed E-state index contributed by atoms with van der Waals surface area (Å²) in [6, 6.07) is 2.01. The minimum atomic E-state index is -4.50. The van der Waals surface area contributed by atoms with Crippen molar-refractivity contribution in [3.05, 3.63) is 53.2 Å². The zero-order valence-electron chi connectivity index (χ0n) is 20.3. The first-order valence-electron chi connectivity index (χ1n) is 11.4. The number of ether oxygens (including phenoxy) is 1. The van der Waals surface area contributed by atoms with E-state index in [1.165, 1.54) is 6.07 Å². The first-order valence-corrected chi connectivity index (χ1v) is 11.4. The van der Waals surface area contributed by atoms with Gasteiger partial charge >= 0.3 is 6.18 Å². The Morgan fingerprint density at radius 1 is 1.28 bits per heavy atom. The lowest BCUT2D eigenvalue weighted by molar-refractivity contribution is -0.141. The van der Waals surface area contributed by atoms with E-state index in [2.05, 4.69) is 30.7 Å². The fourth-order valence-corrected chi connectivity index (χ4v) is 4.08. The van der Waals surface area contributed by atoms with Gasteiger partial charge in [0.1, 0.15) is 17.4 Å². The van der Waals surface area contributed by atoms with Crippen molar-refractivity contribution in [2.24, 2.45) is 0 Å². The Bertz CT molecular complexity index is 1250. The Hall–Kier alpha value is -3.74. The van der Waals surface area contributed by atoms with Gasteiger partial charge < -0.3 is 20.3 Å². The highest BCUT2D eigenvalue weighted by Crippen LogP contribution is 2.34. The number of alkyl halides is 3. The van der Waals surface area contributed by atoms with Gasteiger partial charge in [-0.3, -0.25) is 14.5 Å². The molecule has 4 heterocycles. The summed E-state index contributed by atoms with van der Waals surface area (Å²) < 4.78 is 45.7. The van der Waals surface area contributed by atoms with E-state index in [1.54, 1.807) is 31.1 Å². The highest BCUT2D eigenvalue weighted by molar-refractivity contribution is 6.03. The van der Waals surface area contributed by atoms with Gasteiger partial charge in [0, 0.05) is 38.2 Å². The van der Waals surface area contributed by atoms with E-state index in [0.717, 1.165) is 17.8 Å². The summed E-state index contributed by atoms with van der Waals surface area (Å²) in [7, 11) is 1.56. The van der Waals surface area contributed by atoms with Crippen LogP contribution in [-0.4, -0.2) is 56.4 Å². The fraction of sp³-hybridized carbons (Fsp3) is 0.435. The van der Waals surface area contributed by atoms with Crippen LogP contribution in [0.25, 0.3) is 0 Å². The summed E-state index contributed by atoms with van der Waals surface area (Å²) in [5.41, 5.74) is 1.48. The van der Waals surface area contributed by atoms with Gasteiger partial charge in [-0.25, -0.2) is 4.98 Å². The Balaban J connectivity index is 1.48. The van der Waals surface area contributed by atoms with E-state index < -0.39 is 17.9 Å². The molecule has 10 nitrogen and oxygen atoms in total. The third kappa shape index (κ3) is 5.25. The van der Waals surface area contributed by atoms with E-state index in [9.17, 15) is 18.0 Å². The summed E-state index contributed by atoms with van der Waals surface area (Å²) in [6.07, 6.45) is -0.345. The van der Waals surface area contributed by atoms with Crippen molar-refractivity contribution in [1.29, 1.82) is 0 Å². The molecular formula is C23H27F3N8O2. The van der Waals surface area contributed by atoms with Crippen molar-refractivity contribution >= 4 is 23.4 Å². The molecule has 1 aliphatic heterocycles. The number of hydrogen-bond acceptors (Lipinski definition) is 8. The Kier molecular flexibility index (Phi) is 7.11. The van der Waals surface area contributed by atoms with Crippen LogP contribution in [0.3, 0.4) is 0 Å². The van der Waals surface area contributed by atoms with E-state index in [0.29, 0.717) is 41.8 Å². The number of rotatable bonds is 8. The molecule has 0 aromatic carbocycles. The van der Waals surface area contributed by atoms with Crippen molar-refractivity contribution in [1.82, 2.24) is 24.7 Å². The number of carbonyl (C=O) groups is 1. The monoisotopic (exact) mass is 504 g/mol. The Morgan fingerprint density at radius 2 is 2.06 bits per heavy atom. The molecule has 0 saturated carbocycles. The number of carbonyl (C=O) groups excluding carboxylic acids is 1. The van der Waals surface area contributed by atoms with Gasteiger partial charge in [-0.15, -0.1) is 0 Å². The SMILES string of the molecule is CCN1c2nc(NCc3cnn(Cc4ccnc(C(F)(F)F)c4)c3)nc(C)c2NC(=O)[C@@H]1[C@@H](C)OC. The molecule has 0 radical (unpaired) electrons. The van der Waals surface area contributed by atoms with Crippen LogP contribution in [-0.2, 0) is 28.8 Å². The standard InChI is InChI=1S/C23H27F3N8O2/c1-5-34-19(14(3)36-4)21(35)31-18-13(2)30-22(32-20(18)34)28-9-16-10-29-33(12-16)11-15-6-7-27-17(8-15)23(24,25)26/h6-8,10,12,14,19H,5,9,11H2,1-4H3,(H,31,35)(H,28,30,32)/t14-,19+/m1/s1. The number of aryl methyl sites for hydroxylation is 1. The normalized spacial score (nSPS) is 16.5. The Morgan fingerprint density at radius 3 is 2.75 bits per heavy atom. The van der Waals surface area contributed by atoms with E-state index in [-0.39, 0.29) is 18.6 Å². The number of hydrogen-bond donors (Lipinski definition) is 2. The first kappa shape index (κ1) is 25.4. The number of aromatic nitrogens is 5. The van der Waals surface area contributed by atoms with Crippen LogP contribution in [0.2, 0.25) is 0 Å². The second-order valence-corrected chi connectivity index (χ2v) is 8.44. The van der Waals surface area contributed by atoms with Crippen molar-refractivity contribution in [2.75, 3.05) is 29.2 Å². The van der Waals surface area contributed by atoms with Crippen LogP contribution >= 0.6 is 0 Å². The molecule has 13 heteroatoms. The molecular weight excluding hydrogens is 477 g/mol. The number of nitrogens with one attached hydrogen (secondary N) is 2. The highest BCUT2D eigenvalue weighted by atomic mass is 19.4. The maximum atomic E-state index is 12.9. The molecule has 0 saturated heterocycles. The fourth-order valence-electron chi connectivity index (χ4n) is 4.08. The lowest BCUT2D eigenvalue weighted by Crippen LogP contribution is -2.54. The molecule has 0 aliphatic carbocycles. The second-order valence-electron chi connectivity index (χ2n) is 8.44. The van der Waals surface area contributed by atoms with Gasteiger partial charge in [-0.1, -0.05) is 0 Å². The van der Waals surface area contributed by atoms with Gasteiger partial charge in [0.05, 0.1) is 24.5 Å². The number of likely N-dealkylation sites (N-methyl/N-ethyl adjacent to an activating group) is 1. The van der Waals surface area contributed by atoms with Crippen LogP contribution in [0, 0.1) is 6.92 Å². The number of fused-ring (bicyclic) bond motifs is 1. The quantitative estimate of drug-likeness (QED) is 0.481.